The SMILES string of the molecule is C=C(c1cccc(C(=Cc2cc([N+](=O)[O-])ccc2S(=O)[O-])C2CC2)c1O)C1CC1. The largest absolute Gasteiger partial charge is 0.768 e. The van der Waals surface area contributed by atoms with Crippen LogP contribution in [0.25, 0.3) is 17.2 Å². The van der Waals surface area contributed by atoms with Crippen molar-refractivity contribution in [3.63, 3.8) is 0 Å². The van der Waals surface area contributed by atoms with E-state index in [1.54, 1.807) is 12.1 Å². The van der Waals surface area contributed by atoms with E-state index in [1.165, 1.54) is 18.2 Å². The first kappa shape index (κ1) is 19.5. The molecule has 4 rings (SSSR count). The highest BCUT2D eigenvalue weighted by Gasteiger charge is 2.31. The summed E-state index contributed by atoms with van der Waals surface area (Å²) in [6.07, 6.45) is 5.64. The van der Waals surface area contributed by atoms with Crippen LogP contribution in [0.1, 0.15) is 42.4 Å². The highest BCUT2D eigenvalue weighted by molar-refractivity contribution is 7.79. The number of nitro benzene ring substituents is 1. The van der Waals surface area contributed by atoms with Crippen LogP contribution in [0.15, 0.2) is 47.9 Å². The molecule has 0 aliphatic heterocycles. The van der Waals surface area contributed by atoms with E-state index in [1.807, 2.05) is 12.1 Å². The maximum absolute atomic E-state index is 11.6. The van der Waals surface area contributed by atoms with Crippen LogP contribution in [-0.2, 0) is 11.1 Å². The molecular formula is C22H20NO5S-. The molecule has 2 aromatic carbocycles. The molecule has 2 saturated carbocycles. The number of phenols is 1. The molecule has 2 fully saturated rings. The molecular weight excluding hydrogens is 390 g/mol. The molecule has 150 valence electrons. The molecule has 0 bridgehead atoms. The Balaban J connectivity index is 1.84. The fraction of sp³-hybridized carbons (Fsp3) is 0.273. The van der Waals surface area contributed by atoms with Crippen molar-refractivity contribution >= 4 is 34.0 Å². The van der Waals surface area contributed by atoms with E-state index in [0.717, 1.165) is 36.8 Å². The number of allylic oxidation sites excluding steroid dienone is 2. The molecule has 6 nitrogen and oxygen atoms in total. The van der Waals surface area contributed by atoms with E-state index in [-0.39, 0.29) is 27.8 Å². The van der Waals surface area contributed by atoms with Crippen LogP contribution in [0.4, 0.5) is 5.69 Å². The second-order valence-corrected chi connectivity index (χ2v) is 8.50. The lowest BCUT2D eigenvalue weighted by Crippen LogP contribution is -1.98. The number of nitro groups is 1. The summed E-state index contributed by atoms with van der Waals surface area (Å²) in [6.45, 7) is 4.13. The van der Waals surface area contributed by atoms with Gasteiger partial charge in [0.15, 0.2) is 0 Å². The van der Waals surface area contributed by atoms with Gasteiger partial charge in [-0.25, -0.2) is 0 Å². The summed E-state index contributed by atoms with van der Waals surface area (Å²) in [5.41, 5.74) is 3.11. The molecule has 0 heterocycles. The van der Waals surface area contributed by atoms with E-state index in [9.17, 15) is 24.0 Å². The van der Waals surface area contributed by atoms with Crippen LogP contribution in [0.3, 0.4) is 0 Å². The van der Waals surface area contributed by atoms with Gasteiger partial charge in [-0.3, -0.25) is 14.3 Å². The van der Waals surface area contributed by atoms with Crippen LogP contribution in [0.2, 0.25) is 0 Å². The van der Waals surface area contributed by atoms with Gasteiger partial charge in [0.25, 0.3) is 5.69 Å². The van der Waals surface area contributed by atoms with E-state index in [0.29, 0.717) is 17.0 Å². The Morgan fingerprint density at radius 3 is 2.38 bits per heavy atom. The lowest BCUT2D eigenvalue weighted by atomic mass is 9.92. The monoisotopic (exact) mass is 410 g/mol. The zero-order valence-electron chi connectivity index (χ0n) is 15.7. The molecule has 1 N–H and O–H groups in total. The summed E-state index contributed by atoms with van der Waals surface area (Å²) in [6, 6.07) is 9.18. The van der Waals surface area contributed by atoms with Gasteiger partial charge in [-0.05, 0) is 77.5 Å². The van der Waals surface area contributed by atoms with Crippen LogP contribution in [0.5, 0.6) is 5.75 Å². The Hall–Kier alpha value is -2.77. The number of benzene rings is 2. The molecule has 2 aromatic rings. The van der Waals surface area contributed by atoms with Gasteiger partial charge < -0.3 is 9.66 Å². The molecule has 1 atom stereocenters. The zero-order chi connectivity index (χ0) is 20.7. The average Bonchev–Trinajstić information content (AvgIpc) is 3.58. The molecule has 2 aliphatic rings. The molecule has 0 aromatic heterocycles. The Morgan fingerprint density at radius 1 is 1.14 bits per heavy atom. The maximum Gasteiger partial charge on any atom is 0.270 e. The van der Waals surface area contributed by atoms with Gasteiger partial charge in [0.1, 0.15) is 5.75 Å². The van der Waals surface area contributed by atoms with Crippen LogP contribution < -0.4 is 0 Å². The highest BCUT2D eigenvalue weighted by atomic mass is 32.2. The minimum Gasteiger partial charge on any atom is -0.768 e. The summed E-state index contributed by atoms with van der Waals surface area (Å²) >= 11 is -2.54. The average molecular weight is 410 g/mol. The first-order chi connectivity index (χ1) is 13.9. The van der Waals surface area contributed by atoms with Crippen LogP contribution in [0, 0.1) is 22.0 Å². The molecule has 29 heavy (non-hydrogen) atoms. The van der Waals surface area contributed by atoms with Gasteiger partial charge in [-0.1, -0.05) is 24.8 Å². The number of hydrogen-bond donors (Lipinski definition) is 1. The summed E-state index contributed by atoms with van der Waals surface area (Å²) < 4.78 is 23.3. The molecule has 7 heteroatoms. The topological polar surface area (TPSA) is 104 Å². The smallest absolute Gasteiger partial charge is 0.270 e. The molecule has 2 aliphatic carbocycles. The maximum atomic E-state index is 11.6. The number of rotatable bonds is 7. The van der Waals surface area contributed by atoms with Gasteiger partial charge >= 0.3 is 0 Å². The molecule has 0 saturated heterocycles. The van der Waals surface area contributed by atoms with Crippen molar-refractivity contribution in [3.05, 3.63) is 69.8 Å². The number of non-ortho nitro benzene ring substituents is 1. The van der Waals surface area contributed by atoms with Gasteiger partial charge in [-0.15, -0.1) is 0 Å². The number of para-hydroxylation sites is 1. The summed E-state index contributed by atoms with van der Waals surface area (Å²) in [5.74, 6) is 0.714. The normalized spacial score (nSPS) is 17.8. The zero-order valence-corrected chi connectivity index (χ0v) is 16.5. The fourth-order valence-electron chi connectivity index (χ4n) is 3.58. The van der Waals surface area contributed by atoms with Crippen molar-refractivity contribution in [1.82, 2.24) is 0 Å². The first-order valence-corrected chi connectivity index (χ1v) is 10.5. The Labute approximate surface area is 171 Å². The Morgan fingerprint density at radius 2 is 1.79 bits per heavy atom. The second kappa shape index (κ2) is 7.57. The summed E-state index contributed by atoms with van der Waals surface area (Å²) in [4.78, 5) is 10.6. The Bertz CT molecular complexity index is 1070. The van der Waals surface area contributed by atoms with E-state index >= 15 is 0 Å². The number of aromatic hydroxyl groups is 1. The van der Waals surface area contributed by atoms with Gasteiger partial charge in [-0.2, -0.15) is 0 Å². The molecule has 1 unspecified atom stereocenters. The highest BCUT2D eigenvalue weighted by Crippen LogP contribution is 2.49. The van der Waals surface area contributed by atoms with E-state index in [2.05, 4.69) is 6.58 Å². The van der Waals surface area contributed by atoms with Crippen molar-refractivity contribution in [2.75, 3.05) is 0 Å². The number of nitrogens with zero attached hydrogens (tertiary/aromatic N) is 1. The third-order valence-electron chi connectivity index (χ3n) is 5.48. The lowest BCUT2D eigenvalue weighted by Gasteiger charge is -2.15. The summed E-state index contributed by atoms with van der Waals surface area (Å²) in [7, 11) is 0. The van der Waals surface area contributed by atoms with Gasteiger partial charge in [0.05, 0.1) is 4.92 Å². The first-order valence-electron chi connectivity index (χ1n) is 9.47. The van der Waals surface area contributed by atoms with Gasteiger partial charge in [0.2, 0.25) is 0 Å². The van der Waals surface area contributed by atoms with E-state index in [4.69, 9.17) is 0 Å². The predicted octanol–water partition coefficient (Wildman–Crippen LogP) is 4.91. The lowest BCUT2D eigenvalue weighted by molar-refractivity contribution is -0.384. The van der Waals surface area contributed by atoms with Crippen LogP contribution in [-0.4, -0.2) is 18.8 Å². The summed E-state index contributed by atoms with van der Waals surface area (Å²) in [5, 5.41) is 22.1. The third kappa shape index (κ3) is 4.02. The Kier molecular flexibility index (Phi) is 5.10. The van der Waals surface area contributed by atoms with Crippen molar-refractivity contribution in [3.8, 4) is 5.75 Å². The minimum absolute atomic E-state index is 0.00761. The van der Waals surface area contributed by atoms with Gasteiger partial charge in [0, 0.05) is 28.2 Å². The molecule has 0 radical (unpaired) electrons. The number of hydrogen-bond acceptors (Lipinski definition) is 5. The quantitative estimate of drug-likeness (QED) is 0.302. The van der Waals surface area contributed by atoms with E-state index < -0.39 is 16.0 Å². The van der Waals surface area contributed by atoms with Crippen molar-refractivity contribution in [1.29, 1.82) is 0 Å². The van der Waals surface area contributed by atoms with Crippen LogP contribution >= 0.6 is 0 Å². The fourth-order valence-corrected chi connectivity index (χ4v) is 4.07. The predicted molar refractivity (Wildman–Crippen MR) is 111 cm³/mol. The number of phenolic OH excluding ortho intramolecular Hbond substituents is 1. The van der Waals surface area contributed by atoms with Crippen molar-refractivity contribution < 1.29 is 18.8 Å². The second-order valence-electron chi connectivity index (χ2n) is 7.59. The van der Waals surface area contributed by atoms with Crippen molar-refractivity contribution in [2.24, 2.45) is 11.8 Å². The van der Waals surface area contributed by atoms with Crippen molar-refractivity contribution in [2.45, 2.75) is 30.6 Å². The molecule has 0 spiro atoms. The minimum atomic E-state index is -2.54. The molecule has 0 amide bonds. The third-order valence-corrected chi connectivity index (χ3v) is 6.21. The standard InChI is InChI=1S/C22H21NO5S/c1-13(14-5-6-14)18-3-2-4-19(22(18)24)20(15-7-8-15)12-16-11-17(23(25)26)9-10-21(16)29(27)28/h2-4,9-12,14-15,24H,1,5-8H2,(H,27,28)/p-1.